The van der Waals surface area contributed by atoms with Crippen molar-refractivity contribution in [2.75, 3.05) is 7.11 Å². The van der Waals surface area contributed by atoms with Crippen LogP contribution in [0.4, 0.5) is 0 Å². The average Bonchev–Trinajstić information content (AvgIpc) is 2.96. The standard InChI is InChI=1S/C12H14O2/c1-13-10-6-3-5-9-8(10)4-2-7-11-12(9)14-11/h3,5-6,11-12H,2,4,7H2,1H3/t11-,12+/m0/s1. The normalized spacial score (nSPS) is 28.6. The number of hydrogen-bond donors (Lipinski definition) is 0. The summed E-state index contributed by atoms with van der Waals surface area (Å²) in [7, 11) is 1.74. The molecule has 0 bridgehead atoms. The Morgan fingerprint density at radius 3 is 3.21 bits per heavy atom. The van der Waals surface area contributed by atoms with Crippen molar-refractivity contribution >= 4 is 0 Å². The van der Waals surface area contributed by atoms with E-state index >= 15 is 0 Å². The maximum atomic E-state index is 5.63. The lowest BCUT2D eigenvalue weighted by atomic mass is 10.0. The van der Waals surface area contributed by atoms with Crippen LogP contribution in [0.3, 0.4) is 0 Å². The SMILES string of the molecule is COc1cccc2c1CCC[C@@H]1O[C@H]21. The zero-order valence-electron chi connectivity index (χ0n) is 8.32. The minimum atomic E-state index is 0.364. The molecule has 1 aromatic carbocycles. The van der Waals surface area contributed by atoms with E-state index in [0.29, 0.717) is 12.2 Å². The Bertz CT molecular complexity index is 359. The molecule has 1 heterocycles. The van der Waals surface area contributed by atoms with Crippen LogP contribution in [0.15, 0.2) is 18.2 Å². The number of fused-ring (bicyclic) bond motifs is 3. The van der Waals surface area contributed by atoms with Crippen LogP contribution in [-0.4, -0.2) is 13.2 Å². The molecule has 0 N–H and O–H groups in total. The fourth-order valence-corrected chi connectivity index (χ4v) is 2.42. The number of epoxide rings is 1. The van der Waals surface area contributed by atoms with Crippen molar-refractivity contribution in [2.45, 2.75) is 31.5 Å². The van der Waals surface area contributed by atoms with Crippen LogP contribution in [0.5, 0.6) is 5.75 Å². The molecule has 1 aliphatic heterocycles. The van der Waals surface area contributed by atoms with Crippen LogP contribution in [0.25, 0.3) is 0 Å². The largest absolute Gasteiger partial charge is 0.496 e. The summed E-state index contributed by atoms with van der Waals surface area (Å²) in [6, 6.07) is 6.27. The molecule has 14 heavy (non-hydrogen) atoms. The molecule has 0 radical (unpaired) electrons. The highest BCUT2D eigenvalue weighted by atomic mass is 16.6. The van der Waals surface area contributed by atoms with E-state index < -0.39 is 0 Å². The fourth-order valence-electron chi connectivity index (χ4n) is 2.42. The van der Waals surface area contributed by atoms with Crippen molar-refractivity contribution in [3.63, 3.8) is 0 Å². The van der Waals surface area contributed by atoms with Gasteiger partial charge in [-0.1, -0.05) is 12.1 Å². The van der Waals surface area contributed by atoms with Gasteiger partial charge in [-0.3, -0.25) is 0 Å². The predicted molar refractivity (Wildman–Crippen MR) is 53.5 cm³/mol. The highest BCUT2D eigenvalue weighted by Crippen LogP contribution is 2.47. The average molecular weight is 190 g/mol. The van der Waals surface area contributed by atoms with Gasteiger partial charge in [-0.2, -0.15) is 0 Å². The van der Waals surface area contributed by atoms with Crippen LogP contribution in [0, 0.1) is 0 Å². The lowest BCUT2D eigenvalue weighted by molar-refractivity contribution is 0.353. The predicted octanol–water partition coefficient (Wildman–Crippen LogP) is 2.47. The molecule has 2 aliphatic rings. The Kier molecular flexibility index (Phi) is 1.77. The van der Waals surface area contributed by atoms with Gasteiger partial charge in [-0.05, 0) is 36.5 Å². The van der Waals surface area contributed by atoms with Gasteiger partial charge in [0.1, 0.15) is 11.9 Å². The molecule has 1 aliphatic carbocycles. The van der Waals surface area contributed by atoms with Crippen molar-refractivity contribution in [1.29, 1.82) is 0 Å². The van der Waals surface area contributed by atoms with Gasteiger partial charge in [0.05, 0.1) is 13.2 Å². The highest BCUT2D eigenvalue weighted by Gasteiger charge is 2.42. The minimum Gasteiger partial charge on any atom is -0.496 e. The van der Waals surface area contributed by atoms with E-state index in [1.807, 2.05) is 6.07 Å². The maximum absolute atomic E-state index is 5.63. The first kappa shape index (κ1) is 8.30. The van der Waals surface area contributed by atoms with Gasteiger partial charge < -0.3 is 9.47 Å². The van der Waals surface area contributed by atoms with Crippen molar-refractivity contribution in [3.05, 3.63) is 29.3 Å². The van der Waals surface area contributed by atoms with Crippen LogP contribution in [0.2, 0.25) is 0 Å². The molecule has 2 nitrogen and oxygen atoms in total. The summed E-state index contributed by atoms with van der Waals surface area (Å²) in [6.07, 6.45) is 4.40. The second-order valence-corrected chi connectivity index (χ2v) is 4.02. The third kappa shape index (κ3) is 1.14. The van der Waals surface area contributed by atoms with Gasteiger partial charge in [0.25, 0.3) is 0 Å². The number of ether oxygens (including phenoxy) is 2. The van der Waals surface area contributed by atoms with E-state index in [-0.39, 0.29) is 0 Å². The molecule has 1 fully saturated rings. The Morgan fingerprint density at radius 2 is 2.36 bits per heavy atom. The molecule has 2 heteroatoms. The van der Waals surface area contributed by atoms with E-state index in [9.17, 15) is 0 Å². The van der Waals surface area contributed by atoms with Gasteiger partial charge in [-0.25, -0.2) is 0 Å². The summed E-state index contributed by atoms with van der Waals surface area (Å²) in [4.78, 5) is 0. The molecular formula is C12H14O2. The van der Waals surface area contributed by atoms with Crippen molar-refractivity contribution in [2.24, 2.45) is 0 Å². The molecular weight excluding hydrogens is 176 g/mol. The molecule has 1 aromatic rings. The monoisotopic (exact) mass is 190 g/mol. The van der Waals surface area contributed by atoms with Crippen LogP contribution in [0.1, 0.15) is 30.1 Å². The second-order valence-electron chi connectivity index (χ2n) is 4.02. The summed E-state index contributed by atoms with van der Waals surface area (Å²) < 4.78 is 11.0. The number of benzene rings is 1. The highest BCUT2D eigenvalue weighted by molar-refractivity contribution is 5.44. The Hall–Kier alpha value is -1.02. The molecule has 0 aromatic heterocycles. The first-order chi connectivity index (χ1) is 6.90. The summed E-state index contributed by atoms with van der Waals surface area (Å²) in [5.74, 6) is 1.03. The molecule has 2 atom stereocenters. The quantitative estimate of drug-likeness (QED) is 0.634. The lowest BCUT2D eigenvalue weighted by Gasteiger charge is -2.10. The summed E-state index contributed by atoms with van der Waals surface area (Å²) in [5.41, 5.74) is 2.71. The minimum absolute atomic E-state index is 0.364. The Labute approximate surface area is 83.8 Å². The zero-order valence-corrected chi connectivity index (χ0v) is 8.32. The smallest absolute Gasteiger partial charge is 0.122 e. The maximum Gasteiger partial charge on any atom is 0.122 e. The first-order valence-corrected chi connectivity index (χ1v) is 5.21. The topological polar surface area (TPSA) is 21.8 Å². The van der Waals surface area contributed by atoms with Crippen molar-refractivity contribution < 1.29 is 9.47 Å². The van der Waals surface area contributed by atoms with Crippen molar-refractivity contribution in [1.82, 2.24) is 0 Å². The van der Waals surface area contributed by atoms with Crippen molar-refractivity contribution in [3.8, 4) is 5.75 Å². The van der Waals surface area contributed by atoms with Gasteiger partial charge in [0.2, 0.25) is 0 Å². The second kappa shape index (κ2) is 2.99. The number of hydrogen-bond acceptors (Lipinski definition) is 2. The lowest BCUT2D eigenvalue weighted by Crippen LogP contribution is -1.96. The molecule has 3 rings (SSSR count). The summed E-state index contributed by atoms with van der Waals surface area (Å²) in [6.45, 7) is 0. The summed E-state index contributed by atoms with van der Waals surface area (Å²) >= 11 is 0. The van der Waals surface area contributed by atoms with Crippen LogP contribution >= 0.6 is 0 Å². The van der Waals surface area contributed by atoms with E-state index in [1.165, 1.54) is 24.0 Å². The van der Waals surface area contributed by atoms with E-state index in [4.69, 9.17) is 9.47 Å². The zero-order chi connectivity index (χ0) is 9.54. The Morgan fingerprint density at radius 1 is 1.43 bits per heavy atom. The molecule has 0 saturated carbocycles. The molecule has 0 spiro atoms. The van der Waals surface area contributed by atoms with E-state index in [1.54, 1.807) is 7.11 Å². The van der Waals surface area contributed by atoms with Crippen LogP contribution < -0.4 is 4.74 Å². The first-order valence-electron chi connectivity index (χ1n) is 5.21. The fraction of sp³-hybridized carbons (Fsp3) is 0.500. The summed E-state index contributed by atoms with van der Waals surface area (Å²) in [5, 5.41) is 0. The van der Waals surface area contributed by atoms with Gasteiger partial charge in [0, 0.05) is 0 Å². The van der Waals surface area contributed by atoms with Gasteiger partial charge >= 0.3 is 0 Å². The molecule has 0 unspecified atom stereocenters. The number of methoxy groups -OCH3 is 1. The molecule has 74 valence electrons. The van der Waals surface area contributed by atoms with Gasteiger partial charge in [0.15, 0.2) is 0 Å². The molecule has 1 saturated heterocycles. The molecule has 0 amide bonds. The van der Waals surface area contributed by atoms with E-state index in [0.717, 1.165) is 12.2 Å². The third-order valence-corrected chi connectivity index (χ3v) is 3.19. The third-order valence-electron chi connectivity index (χ3n) is 3.19. The van der Waals surface area contributed by atoms with Crippen LogP contribution in [-0.2, 0) is 11.2 Å². The van der Waals surface area contributed by atoms with Gasteiger partial charge in [-0.15, -0.1) is 0 Å². The Balaban J connectivity index is 2.09. The van der Waals surface area contributed by atoms with E-state index in [2.05, 4.69) is 12.1 Å². The number of rotatable bonds is 1.